The molecule has 0 aliphatic carbocycles. The Hall–Kier alpha value is -1.76. The van der Waals surface area contributed by atoms with Gasteiger partial charge in [0.15, 0.2) is 5.65 Å². The molecule has 0 aliphatic rings. The number of aromatic nitrogens is 5. The molecule has 0 saturated carbocycles. The number of fused-ring (bicyclic) bond motifs is 1. The highest BCUT2D eigenvalue weighted by atomic mass is 15.5. The van der Waals surface area contributed by atoms with Gasteiger partial charge in [-0.05, 0) is 35.2 Å². The normalized spacial score (nSPS) is 11.9. The number of nitrogens with one attached hydrogen (secondary N) is 1. The highest BCUT2D eigenvalue weighted by Gasteiger charge is 2.17. The van der Waals surface area contributed by atoms with Crippen LogP contribution in [0.15, 0.2) is 12.4 Å². The summed E-state index contributed by atoms with van der Waals surface area (Å²) in [5.74, 6) is 0.804. The molecule has 0 aliphatic heterocycles. The molecule has 2 aromatic rings. The van der Waals surface area contributed by atoms with E-state index in [1.54, 1.807) is 16.9 Å². The minimum Gasteiger partial charge on any atom is -0.368 e. The molecule has 7 heteroatoms. The zero-order chi connectivity index (χ0) is 13.0. The van der Waals surface area contributed by atoms with Crippen LogP contribution in [0, 0.1) is 5.41 Å². The second kappa shape index (κ2) is 5.26. The van der Waals surface area contributed by atoms with Crippen molar-refractivity contribution in [3.63, 3.8) is 0 Å². The van der Waals surface area contributed by atoms with E-state index < -0.39 is 0 Å². The molecule has 98 valence electrons. The fraction of sp³-hybridized carbons (Fsp3) is 0.636. The molecule has 3 N–H and O–H groups in total. The van der Waals surface area contributed by atoms with Crippen LogP contribution in [0.25, 0.3) is 5.65 Å². The maximum absolute atomic E-state index is 5.54. The van der Waals surface area contributed by atoms with Gasteiger partial charge in [-0.25, -0.2) is 0 Å². The summed E-state index contributed by atoms with van der Waals surface area (Å²) in [6.45, 7) is 5.98. The fourth-order valence-corrected chi connectivity index (χ4v) is 1.79. The molecule has 7 nitrogen and oxygen atoms in total. The SMILES string of the molecule is CC(C)(CCCN)CNc1cncc2nnnn12. The van der Waals surface area contributed by atoms with E-state index in [1.807, 2.05) is 0 Å². The van der Waals surface area contributed by atoms with Crippen LogP contribution in [0.3, 0.4) is 0 Å². The third kappa shape index (κ3) is 2.92. The van der Waals surface area contributed by atoms with E-state index in [9.17, 15) is 0 Å². The Bertz CT molecular complexity index is 505. The van der Waals surface area contributed by atoms with Crippen LogP contribution < -0.4 is 11.1 Å². The fourth-order valence-electron chi connectivity index (χ4n) is 1.79. The lowest BCUT2D eigenvalue weighted by Crippen LogP contribution is -2.25. The van der Waals surface area contributed by atoms with E-state index in [-0.39, 0.29) is 5.41 Å². The lowest BCUT2D eigenvalue weighted by molar-refractivity contribution is 0.349. The van der Waals surface area contributed by atoms with E-state index >= 15 is 0 Å². The molecule has 0 saturated heterocycles. The standard InChI is InChI=1S/C11H19N7/c1-11(2,4-3-5-12)8-14-9-6-13-7-10-15-16-17-18(9)10/h6-7,14H,3-5,8,12H2,1-2H3. The van der Waals surface area contributed by atoms with Crippen molar-refractivity contribution in [2.45, 2.75) is 26.7 Å². The van der Waals surface area contributed by atoms with Crippen molar-refractivity contribution >= 4 is 11.5 Å². The zero-order valence-electron chi connectivity index (χ0n) is 10.8. The van der Waals surface area contributed by atoms with Gasteiger partial charge in [-0.15, -0.1) is 5.10 Å². The summed E-state index contributed by atoms with van der Waals surface area (Å²) in [4.78, 5) is 4.10. The molecule has 0 amide bonds. The van der Waals surface area contributed by atoms with Crippen molar-refractivity contribution in [3.05, 3.63) is 12.4 Å². The minimum atomic E-state index is 0.176. The quantitative estimate of drug-likeness (QED) is 0.782. The van der Waals surface area contributed by atoms with Crippen molar-refractivity contribution in [2.75, 3.05) is 18.4 Å². The summed E-state index contributed by atoms with van der Waals surface area (Å²) in [7, 11) is 0. The molecule has 2 heterocycles. The molecule has 2 aromatic heterocycles. The van der Waals surface area contributed by atoms with Crippen molar-refractivity contribution in [1.82, 2.24) is 25.0 Å². The molecule has 0 unspecified atom stereocenters. The van der Waals surface area contributed by atoms with Crippen LogP contribution in [0.1, 0.15) is 26.7 Å². The van der Waals surface area contributed by atoms with Gasteiger partial charge in [0.2, 0.25) is 0 Å². The van der Waals surface area contributed by atoms with E-state index in [1.165, 1.54) is 0 Å². The molecule has 0 aromatic carbocycles. The second-order valence-corrected chi connectivity index (χ2v) is 5.15. The molecule has 2 rings (SSSR count). The van der Waals surface area contributed by atoms with Gasteiger partial charge in [0.25, 0.3) is 0 Å². The van der Waals surface area contributed by atoms with E-state index in [0.29, 0.717) is 5.65 Å². The Morgan fingerprint density at radius 3 is 3.00 bits per heavy atom. The van der Waals surface area contributed by atoms with E-state index in [4.69, 9.17) is 5.73 Å². The van der Waals surface area contributed by atoms with Gasteiger partial charge < -0.3 is 11.1 Å². The van der Waals surface area contributed by atoms with Gasteiger partial charge in [-0.2, -0.15) is 4.52 Å². The molecule has 18 heavy (non-hydrogen) atoms. The number of anilines is 1. The summed E-state index contributed by atoms with van der Waals surface area (Å²) >= 11 is 0. The first-order valence-electron chi connectivity index (χ1n) is 6.08. The maximum Gasteiger partial charge on any atom is 0.199 e. The smallest absolute Gasteiger partial charge is 0.199 e. The first kappa shape index (κ1) is 12.7. The van der Waals surface area contributed by atoms with Crippen LogP contribution in [0.5, 0.6) is 0 Å². The van der Waals surface area contributed by atoms with Crippen LogP contribution in [-0.4, -0.2) is 38.1 Å². The molecule has 0 fully saturated rings. The molecular weight excluding hydrogens is 230 g/mol. The molecule has 0 bridgehead atoms. The summed E-state index contributed by atoms with van der Waals surface area (Å²) in [5, 5.41) is 14.7. The Balaban J connectivity index is 2.03. The summed E-state index contributed by atoms with van der Waals surface area (Å²) in [6.07, 6.45) is 5.46. The average molecular weight is 249 g/mol. The van der Waals surface area contributed by atoms with Gasteiger partial charge in [0, 0.05) is 6.54 Å². The highest BCUT2D eigenvalue weighted by Crippen LogP contribution is 2.22. The van der Waals surface area contributed by atoms with Gasteiger partial charge in [0.1, 0.15) is 5.82 Å². The van der Waals surface area contributed by atoms with Crippen LogP contribution >= 0.6 is 0 Å². The van der Waals surface area contributed by atoms with E-state index in [2.05, 4.69) is 39.7 Å². The van der Waals surface area contributed by atoms with Crippen LogP contribution in [-0.2, 0) is 0 Å². The maximum atomic E-state index is 5.54. The Labute approximate surface area is 106 Å². The average Bonchev–Trinajstić information content (AvgIpc) is 2.82. The molecular formula is C11H19N7. The molecule has 0 atom stereocenters. The lowest BCUT2D eigenvalue weighted by atomic mass is 9.88. The summed E-state index contributed by atoms with van der Waals surface area (Å²) in [6, 6.07) is 0. The Morgan fingerprint density at radius 1 is 1.39 bits per heavy atom. The number of rotatable bonds is 6. The van der Waals surface area contributed by atoms with Crippen molar-refractivity contribution in [3.8, 4) is 0 Å². The third-order valence-electron chi connectivity index (χ3n) is 2.91. The van der Waals surface area contributed by atoms with E-state index in [0.717, 1.165) is 31.7 Å². The Kier molecular flexibility index (Phi) is 3.71. The number of nitrogens with zero attached hydrogens (tertiary/aromatic N) is 5. The first-order chi connectivity index (χ1) is 8.62. The van der Waals surface area contributed by atoms with Crippen molar-refractivity contribution in [1.29, 1.82) is 0 Å². The van der Waals surface area contributed by atoms with Crippen LogP contribution in [0.4, 0.5) is 5.82 Å². The largest absolute Gasteiger partial charge is 0.368 e. The molecule has 0 spiro atoms. The first-order valence-corrected chi connectivity index (χ1v) is 6.08. The number of hydrogen-bond donors (Lipinski definition) is 2. The second-order valence-electron chi connectivity index (χ2n) is 5.15. The highest BCUT2D eigenvalue weighted by molar-refractivity contribution is 5.43. The van der Waals surface area contributed by atoms with Crippen LogP contribution in [0.2, 0.25) is 0 Å². The van der Waals surface area contributed by atoms with Gasteiger partial charge in [-0.1, -0.05) is 13.8 Å². The lowest BCUT2D eigenvalue weighted by Gasteiger charge is -2.25. The predicted octanol–water partition coefficient (Wildman–Crippen LogP) is 0.696. The monoisotopic (exact) mass is 249 g/mol. The van der Waals surface area contributed by atoms with Gasteiger partial charge in [0.05, 0.1) is 12.4 Å². The third-order valence-corrected chi connectivity index (χ3v) is 2.91. The zero-order valence-corrected chi connectivity index (χ0v) is 10.8. The number of nitrogens with two attached hydrogens (primary N) is 1. The van der Waals surface area contributed by atoms with Gasteiger partial charge in [-0.3, -0.25) is 4.98 Å². The topological polar surface area (TPSA) is 94.0 Å². The molecule has 0 radical (unpaired) electrons. The predicted molar refractivity (Wildman–Crippen MR) is 69.1 cm³/mol. The Morgan fingerprint density at radius 2 is 2.22 bits per heavy atom. The number of tetrazole rings is 1. The minimum absolute atomic E-state index is 0.176. The summed E-state index contributed by atoms with van der Waals surface area (Å²) < 4.78 is 1.64. The van der Waals surface area contributed by atoms with Crippen molar-refractivity contribution in [2.24, 2.45) is 11.1 Å². The van der Waals surface area contributed by atoms with Crippen molar-refractivity contribution < 1.29 is 0 Å². The summed E-state index contributed by atoms with van der Waals surface area (Å²) in [5.41, 5.74) is 6.36. The number of hydrogen-bond acceptors (Lipinski definition) is 6. The van der Waals surface area contributed by atoms with Gasteiger partial charge >= 0.3 is 0 Å².